The maximum Gasteiger partial charge on any atom is 0.442 e. The molecule has 0 N–H and O–H groups in total. The van der Waals surface area contributed by atoms with Crippen molar-refractivity contribution in [2.75, 3.05) is 4.90 Å². The number of anilines is 3. The van der Waals surface area contributed by atoms with E-state index in [9.17, 15) is 0 Å². The fourth-order valence-electron chi connectivity index (χ4n) is 7.22. The van der Waals surface area contributed by atoms with Crippen LogP contribution in [0.25, 0.3) is 40.0 Å². The van der Waals surface area contributed by atoms with Crippen molar-refractivity contribution in [2.45, 2.75) is 6.10 Å². The van der Waals surface area contributed by atoms with Gasteiger partial charge in [0.2, 0.25) is 11.6 Å². The lowest BCUT2D eigenvalue weighted by molar-refractivity contribution is 0.266. The average molecular weight is 631 g/mol. The molecule has 1 aromatic heterocycles. The van der Waals surface area contributed by atoms with Crippen LogP contribution in [0.1, 0.15) is 17.2 Å². The number of aromatic nitrogens is 3. The molecule has 6 nitrogen and oxygen atoms in total. The van der Waals surface area contributed by atoms with E-state index in [0.29, 0.717) is 17.6 Å². The Balaban J connectivity index is 1.32. The van der Waals surface area contributed by atoms with Crippen molar-refractivity contribution in [1.82, 2.24) is 19.5 Å². The molecule has 49 heavy (non-hydrogen) atoms. The second-order valence-electron chi connectivity index (χ2n) is 12.2. The van der Waals surface area contributed by atoms with Gasteiger partial charge in [-0.25, -0.2) is 0 Å². The van der Waals surface area contributed by atoms with E-state index in [4.69, 9.17) is 19.7 Å². The molecule has 3 heterocycles. The van der Waals surface area contributed by atoms with Crippen molar-refractivity contribution in [3.05, 3.63) is 169 Å². The predicted octanol–water partition coefficient (Wildman–Crippen LogP) is 10.1. The average Bonchev–Trinajstić information content (AvgIpc) is 3.22. The molecule has 3 aliphatic rings. The molecule has 7 aromatic rings. The Morgan fingerprint density at radius 1 is 0.531 bits per heavy atom. The first-order valence-corrected chi connectivity index (χ1v) is 16.4. The molecular weight excluding hydrogens is 603 g/mol. The van der Waals surface area contributed by atoms with E-state index in [2.05, 4.69) is 107 Å². The van der Waals surface area contributed by atoms with E-state index in [1.807, 2.05) is 66.7 Å². The SMILES string of the molecule is C1=Cc2cccc3c2C2Oc4c(cccc4[N+](c4nc(-c5ccccc5)nc(-c5ccccc5)n4)=C12)N(c1ccccc1)c1ccccc1-3. The van der Waals surface area contributed by atoms with Gasteiger partial charge >= 0.3 is 5.95 Å². The molecule has 1 unspecified atom stereocenters. The van der Waals surface area contributed by atoms with Crippen LogP contribution in [-0.2, 0) is 0 Å². The molecule has 1 atom stereocenters. The van der Waals surface area contributed by atoms with Crippen LogP contribution in [0, 0.1) is 0 Å². The summed E-state index contributed by atoms with van der Waals surface area (Å²) in [4.78, 5) is 17.7. The first kappa shape index (κ1) is 27.5. The minimum Gasteiger partial charge on any atom is -0.472 e. The highest BCUT2D eigenvalue weighted by atomic mass is 16.5. The van der Waals surface area contributed by atoms with Crippen molar-refractivity contribution >= 4 is 40.5 Å². The van der Waals surface area contributed by atoms with Crippen molar-refractivity contribution in [1.29, 1.82) is 0 Å². The molecule has 6 heteroatoms. The van der Waals surface area contributed by atoms with Gasteiger partial charge in [0, 0.05) is 27.9 Å². The number of para-hydroxylation sites is 3. The number of ether oxygens (including phenoxy) is 1. The molecule has 2 aliphatic heterocycles. The molecule has 6 aromatic carbocycles. The third-order valence-corrected chi connectivity index (χ3v) is 9.39. The van der Waals surface area contributed by atoms with E-state index >= 15 is 0 Å². The third kappa shape index (κ3) is 4.35. The highest BCUT2D eigenvalue weighted by molar-refractivity contribution is 6.11. The fourth-order valence-corrected chi connectivity index (χ4v) is 7.22. The Labute approximate surface area is 283 Å². The summed E-state index contributed by atoms with van der Waals surface area (Å²) in [5, 5.41) is 0. The second-order valence-corrected chi connectivity index (χ2v) is 12.2. The Hall–Kier alpha value is -6.66. The lowest BCUT2D eigenvalue weighted by atomic mass is 9.85. The molecule has 6 bridgehead atoms. The van der Waals surface area contributed by atoms with Crippen molar-refractivity contribution in [3.8, 4) is 39.7 Å². The second kappa shape index (κ2) is 11.0. The molecule has 0 fully saturated rings. The van der Waals surface area contributed by atoms with Gasteiger partial charge in [0.05, 0.1) is 11.4 Å². The van der Waals surface area contributed by atoms with Gasteiger partial charge in [0.25, 0.3) is 0 Å². The van der Waals surface area contributed by atoms with Crippen LogP contribution < -0.4 is 14.2 Å². The van der Waals surface area contributed by atoms with Crippen LogP contribution in [0.15, 0.2) is 158 Å². The molecule has 0 saturated carbocycles. The zero-order chi connectivity index (χ0) is 32.3. The Morgan fingerprint density at radius 3 is 1.88 bits per heavy atom. The predicted molar refractivity (Wildman–Crippen MR) is 196 cm³/mol. The molecule has 0 amide bonds. The van der Waals surface area contributed by atoms with Gasteiger partial charge in [-0.3, -0.25) is 0 Å². The molecule has 0 saturated heterocycles. The molecular formula is C43H28N5O+. The number of nitrogens with zero attached hydrogens (tertiary/aromatic N) is 5. The summed E-state index contributed by atoms with van der Waals surface area (Å²) in [7, 11) is 0. The first-order valence-electron chi connectivity index (χ1n) is 16.4. The Bertz CT molecular complexity index is 2420. The van der Waals surface area contributed by atoms with Gasteiger partial charge in [-0.05, 0) is 81.8 Å². The minimum atomic E-state index is -0.411. The Morgan fingerprint density at radius 2 is 1.14 bits per heavy atom. The number of benzene rings is 6. The zero-order valence-corrected chi connectivity index (χ0v) is 26.3. The molecule has 0 spiro atoms. The fraction of sp³-hybridized carbons (Fsp3) is 0.0233. The maximum atomic E-state index is 7.23. The van der Waals surface area contributed by atoms with Crippen LogP contribution in [0.5, 0.6) is 5.75 Å². The summed E-state index contributed by atoms with van der Waals surface area (Å²) in [5.41, 5.74) is 11.2. The molecule has 10 rings (SSSR count). The third-order valence-electron chi connectivity index (χ3n) is 9.39. The number of rotatable bonds is 4. The van der Waals surface area contributed by atoms with Gasteiger partial charge in [0.1, 0.15) is 5.71 Å². The van der Waals surface area contributed by atoms with Crippen LogP contribution in [0.3, 0.4) is 0 Å². The van der Waals surface area contributed by atoms with Crippen LogP contribution >= 0.6 is 0 Å². The lowest BCUT2D eigenvalue weighted by Crippen LogP contribution is -2.34. The van der Waals surface area contributed by atoms with Crippen LogP contribution in [0.2, 0.25) is 0 Å². The summed E-state index contributed by atoms with van der Waals surface area (Å²) in [5.74, 6) is 2.50. The summed E-state index contributed by atoms with van der Waals surface area (Å²) in [6.07, 6.45) is 3.92. The standard InChI is InChI=1S/C43H28N5O/c1-4-14-29(15-5-1)41-44-42(30-16-6-2-7-17-30)46-43(45-41)48-36-25-13-24-35-39(36)49-40-37(48)27-26-28-18-12-22-33(38(28)40)32-21-10-11-23-34(32)47(35)31-19-8-3-9-20-31/h1-27,40H/q+1. The topological polar surface area (TPSA) is 54.2 Å². The largest absolute Gasteiger partial charge is 0.472 e. The summed E-state index contributed by atoms with van der Waals surface area (Å²) in [6.45, 7) is 0. The smallest absolute Gasteiger partial charge is 0.442 e. The highest BCUT2D eigenvalue weighted by Crippen LogP contribution is 2.54. The molecule has 230 valence electrons. The van der Waals surface area contributed by atoms with Gasteiger partial charge in [-0.1, -0.05) is 103 Å². The highest BCUT2D eigenvalue weighted by Gasteiger charge is 2.42. The van der Waals surface area contributed by atoms with Crippen LogP contribution in [0.4, 0.5) is 28.7 Å². The number of fused-ring (bicyclic) bond motifs is 2. The molecule has 0 radical (unpaired) electrons. The van der Waals surface area contributed by atoms with Crippen molar-refractivity contribution in [3.63, 3.8) is 0 Å². The van der Waals surface area contributed by atoms with E-state index in [1.54, 1.807) is 0 Å². The van der Waals surface area contributed by atoms with Gasteiger partial charge in [-0.15, -0.1) is 0 Å². The quantitative estimate of drug-likeness (QED) is 0.181. The number of hydrogen-bond donors (Lipinski definition) is 0. The van der Waals surface area contributed by atoms with Gasteiger partial charge in [-0.2, -0.15) is 9.56 Å². The minimum absolute atomic E-state index is 0.411. The first-order chi connectivity index (χ1) is 24.3. The van der Waals surface area contributed by atoms with Gasteiger partial charge < -0.3 is 9.64 Å². The van der Waals surface area contributed by atoms with Crippen LogP contribution in [-0.4, -0.2) is 20.7 Å². The van der Waals surface area contributed by atoms with Gasteiger partial charge in [0.15, 0.2) is 17.5 Å². The van der Waals surface area contributed by atoms with E-state index in [1.165, 1.54) is 0 Å². The molecule has 1 aliphatic carbocycles. The summed E-state index contributed by atoms with van der Waals surface area (Å²) < 4.78 is 9.40. The van der Waals surface area contributed by atoms with Crippen molar-refractivity contribution in [2.24, 2.45) is 0 Å². The monoisotopic (exact) mass is 630 g/mol. The van der Waals surface area contributed by atoms with E-state index in [-0.39, 0.29) is 0 Å². The van der Waals surface area contributed by atoms with E-state index < -0.39 is 6.10 Å². The normalized spacial score (nSPS) is 15.1. The summed E-state index contributed by atoms with van der Waals surface area (Å²) in [6, 6.07) is 52.1. The zero-order valence-electron chi connectivity index (χ0n) is 26.3. The Kier molecular flexibility index (Phi) is 6.14. The van der Waals surface area contributed by atoms with Crippen molar-refractivity contribution < 1.29 is 4.74 Å². The number of hydrogen-bond acceptors (Lipinski definition) is 5. The maximum absolute atomic E-state index is 7.23. The summed E-state index contributed by atoms with van der Waals surface area (Å²) >= 11 is 0. The van der Waals surface area contributed by atoms with E-state index in [0.717, 1.165) is 67.6 Å². The lowest BCUT2D eigenvalue weighted by Gasteiger charge is -2.33.